The van der Waals surface area contributed by atoms with E-state index in [2.05, 4.69) is 16.0 Å². The quantitative estimate of drug-likeness (QED) is 0.589. The van der Waals surface area contributed by atoms with Gasteiger partial charge in [-0.3, -0.25) is 14.9 Å². The fourth-order valence-electron chi connectivity index (χ4n) is 4.61. The fraction of sp³-hybridized carbons (Fsp3) is 0.391. The van der Waals surface area contributed by atoms with E-state index in [4.69, 9.17) is 9.47 Å². The number of benzene rings is 2. The van der Waals surface area contributed by atoms with Crippen molar-refractivity contribution in [3.8, 4) is 11.5 Å². The Bertz CT molecular complexity index is 1050. The van der Waals surface area contributed by atoms with Crippen LogP contribution in [0.4, 0.5) is 15.8 Å². The van der Waals surface area contributed by atoms with E-state index in [0.717, 1.165) is 12.2 Å². The maximum atomic E-state index is 14.2. The number of fused-ring (bicyclic) bond motifs is 2. The first-order valence-electron chi connectivity index (χ1n) is 10.3. The molecule has 1 saturated heterocycles. The Morgan fingerprint density at radius 3 is 2.78 bits per heavy atom. The number of anilines is 2. The number of carbonyl (C=O) groups excluding carboxylic acids is 2. The summed E-state index contributed by atoms with van der Waals surface area (Å²) in [6, 6.07) is 9.21. The van der Waals surface area contributed by atoms with Crippen molar-refractivity contribution in [2.24, 2.45) is 5.92 Å². The molecule has 0 unspecified atom stereocenters. The molecule has 7 nitrogen and oxygen atoms in total. The molecule has 4 rings (SSSR count). The highest BCUT2D eigenvalue weighted by molar-refractivity contribution is 7.98. The summed E-state index contributed by atoms with van der Waals surface area (Å²) in [4.78, 5) is 26.8. The Morgan fingerprint density at radius 2 is 2.06 bits per heavy atom. The third-order valence-corrected chi connectivity index (χ3v) is 6.78. The van der Waals surface area contributed by atoms with E-state index in [-0.39, 0.29) is 17.9 Å². The van der Waals surface area contributed by atoms with Crippen molar-refractivity contribution in [2.75, 3.05) is 36.9 Å². The normalized spacial score (nSPS) is 23.7. The van der Waals surface area contributed by atoms with Crippen LogP contribution in [0.2, 0.25) is 0 Å². The molecule has 170 valence electrons. The zero-order valence-corrected chi connectivity index (χ0v) is 19.0. The van der Waals surface area contributed by atoms with Crippen molar-refractivity contribution in [1.82, 2.24) is 5.32 Å². The maximum Gasteiger partial charge on any atom is 0.250 e. The van der Waals surface area contributed by atoms with Crippen molar-refractivity contribution < 1.29 is 23.5 Å². The highest BCUT2D eigenvalue weighted by atomic mass is 32.2. The Labute approximate surface area is 190 Å². The van der Waals surface area contributed by atoms with Crippen LogP contribution >= 0.6 is 11.8 Å². The second kappa shape index (κ2) is 8.99. The van der Waals surface area contributed by atoms with Gasteiger partial charge in [-0.15, -0.1) is 0 Å². The molecule has 3 atom stereocenters. The van der Waals surface area contributed by atoms with E-state index >= 15 is 0 Å². The molecule has 2 amide bonds. The summed E-state index contributed by atoms with van der Waals surface area (Å²) < 4.78 is 24.8. The van der Waals surface area contributed by atoms with Gasteiger partial charge in [-0.1, -0.05) is 0 Å². The molecule has 0 radical (unpaired) electrons. The van der Waals surface area contributed by atoms with E-state index in [9.17, 15) is 14.0 Å². The summed E-state index contributed by atoms with van der Waals surface area (Å²) in [5, 5.41) is 9.13. The molecule has 2 aromatic rings. The van der Waals surface area contributed by atoms with Crippen molar-refractivity contribution in [1.29, 1.82) is 0 Å². The fourth-order valence-corrected chi connectivity index (χ4v) is 5.13. The smallest absolute Gasteiger partial charge is 0.250 e. The van der Waals surface area contributed by atoms with Crippen LogP contribution in [0.1, 0.15) is 18.4 Å². The van der Waals surface area contributed by atoms with Gasteiger partial charge >= 0.3 is 0 Å². The van der Waals surface area contributed by atoms with Gasteiger partial charge < -0.3 is 20.1 Å². The number of thioether (sulfide) groups is 1. The average molecular weight is 460 g/mol. The third-order valence-electron chi connectivity index (χ3n) is 6.14. The lowest BCUT2D eigenvalue weighted by Crippen LogP contribution is -2.52. The second-order valence-electron chi connectivity index (χ2n) is 7.92. The predicted octanol–water partition coefficient (Wildman–Crippen LogP) is 3.36. The molecule has 0 bridgehead atoms. The molecule has 0 aliphatic carbocycles. The summed E-state index contributed by atoms with van der Waals surface area (Å²) >= 11 is 1.70. The number of hydrogen-bond donors (Lipinski definition) is 3. The number of halogens is 1. The van der Waals surface area contributed by atoms with Crippen LogP contribution in [0.5, 0.6) is 11.5 Å². The largest absolute Gasteiger partial charge is 0.497 e. The number of carbonyl (C=O) groups is 2. The number of ether oxygens (including phenoxy) is 2. The summed E-state index contributed by atoms with van der Waals surface area (Å²) in [5.41, 5.74) is 0.0898. The van der Waals surface area contributed by atoms with E-state index in [1.54, 1.807) is 30.0 Å². The zero-order valence-electron chi connectivity index (χ0n) is 18.2. The van der Waals surface area contributed by atoms with Crippen molar-refractivity contribution in [2.45, 2.75) is 24.4 Å². The molecule has 2 heterocycles. The molecular weight excluding hydrogens is 433 g/mol. The van der Waals surface area contributed by atoms with Gasteiger partial charge in [0.15, 0.2) is 0 Å². The lowest BCUT2D eigenvalue weighted by Gasteiger charge is -2.29. The molecule has 1 fully saturated rings. The molecule has 2 aromatic carbocycles. The van der Waals surface area contributed by atoms with Crippen LogP contribution < -0.4 is 25.4 Å². The highest BCUT2D eigenvalue weighted by Gasteiger charge is 2.60. The number of amides is 2. The summed E-state index contributed by atoms with van der Waals surface area (Å²) in [6.07, 6.45) is 3.24. The van der Waals surface area contributed by atoms with Crippen LogP contribution in [0.15, 0.2) is 36.4 Å². The first-order valence-corrected chi connectivity index (χ1v) is 11.7. The monoisotopic (exact) mass is 459 g/mol. The van der Waals surface area contributed by atoms with Gasteiger partial charge in [0, 0.05) is 23.4 Å². The zero-order chi connectivity index (χ0) is 22.9. The van der Waals surface area contributed by atoms with Crippen LogP contribution in [0.3, 0.4) is 0 Å². The van der Waals surface area contributed by atoms with Crippen LogP contribution in [0.25, 0.3) is 0 Å². The SMILES string of the molecule is COc1ccc(OC)c(NC(=O)[C@@H]2C[C@@H](CCSC)N[C@]23C(=O)Nc2ccc(F)cc23)c1. The summed E-state index contributed by atoms with van der Waals surface area (Å²) in [5.74, 6) is 0.0229. The second-order valence-corrected chi connectivity index (χ2v) is 8.90. The summed E-state index contributed by atoms with van der Waals surface area (Å²) in [6.45, 7) is 0. The minimum Gasteiger partial charge on any atom is -0.497 e. The molecule has 2 aliphatic rings. The van der Waals surface area contributed by atoms with Crippen molar-refractivity contribution in [3.63, 3.8) is 0 Å². The van der Waals surface area contributed by atoms with Gasteiger partial charge in [-0.25, -0.2) is 4.39 Å². The lowest BCUT2D eigenvalue weighted by atomic mass is 9.79. The number of nitrogens with one attached hydrogen (secondary N) is 3. The standard InChI is InChI=1S/C23H26FN3O4S/c1-30-15-5-7-20(31-2)19(12-15)25-21(28)17-11-14(8-9-32-3)27-23(17)16-10-13(24)4-6-18(16)26-22(23)29/h4-7,10,12,14,17,27H,8-9,11H2,1-3H3,(H,25,28)(H,26,29)/t14-,17+,23+/m1/s1. The molecular formula is C23H26FN3O4S. The van der Waals surface area contributed by atoms with Crippen LogP contribution in [0, 0.1) is 11.7 Å². The van der Waals surface area contributed by atoms with E-state index < -0.39 is 17.3 Å². The Kier molecular flexibility index (Phi) is 6.30. The first kappa shape index (κ1) is 22.4. The predicted molar refractivity (Wildman–Crippen MR) is 123 cm³/mol. The molecule has 0 aromatic heterocycles. The Hall–Kier alpha value is -2.78. The van der Waals surface area contributed by atoms with Crippen LogP contribution in [-0.2, 0) is 15.1 Å². The first-order chi connectivity index (χ1) is 15.4. The average Bonchev–Trinajstić information content (AvgIpc) is 3.31. The van der Waals surface area contributed by atoms with Gasteiger partial charge in [0.2, 0.25) is 11.8 Å². The van der Waals surface area contributed by atoms with E-state index in [0.29, 0.717) is 34.9 Å². The molecule has 0 saturated carbocycles. The molecule has 32 heavy (non-hydrogen) atoms. The van der Waals surface area contributed by atoms with Crippen molar-refractivity contribution in [3.05, 3.63) is 47.8 Å². The third kappa shape index (κ3) is 3.80. The molecule has 3 N–H and O–H groups in total. The minimum absolute atomic E-state index is 0.0645. The Balaban J connectivity index is 1.72. The van der Waals surface area contributed by atoms with Gasteiger partial charge in [-0.2, -0.15) is 11.8 Å². The van der Waals surface area contributed by atoms with Gasteiger partial charge in [0.1, 0.15) is 22.9 Å². The molecule has 2 aliphatic heterocycles. The molecule has 1 spiro atoms. The lowest BCUT2D eigenvalue weighted by molar-refractivity contribution is -0.130. The maximum absolute atomic E-state index is 14.2. The highest BCUT2D eigenvalue weighted by Crippen LogP contribution is 2.48. The number of hydrogen-bond acceptors (Lipinski definition) is 6. The Morgan fingerprint density at radius 1 is 1.25 bits per heavy atom. The van der Waals surface area contributed by atoms with Gasteiger partial charge in [0.25, 0.3) is 0 Å². The number of methoxy groups -OCH3 is 2. The topological polar surface area (TPSA) is 88.7 Å². The van der Waals surface area contributed by atoms with E-state index in [1.807, 2.05) is 6.26 Å². The molecule has 9 heteroatoms. The van der Waals surface area contributed by atoms with Gasteiger partial charge in [0.05, 0.1) is 25.8 Å². The van der Waals surface area contributed by atoms with Crippen LogP contribution in [-0.4, -0.2) is 44.1 Å². The summed E-state index contributed by atoms with van der Waals surface area (Å²) in [7, 11) is 3.05. The van der Waals surface area contributed by atoms with Crippen molar-refractivity contribution >= 4 is 35.0 Å². The number of rotatable bonds is 7. The van der Waals surface area contributed by atoms with E-state index in [1.165, 1.54) is 32.4 Å². The minimum atomic E-state index is -1.34. The van der Waals surface area contributed by atoms with Gasteiger partial charge in [-0.05, 0) is 55.2 Å².